The Balaban J connectivity index is 2.70. The summed E-state index contributed by atoms with van der Waals surface area (Å²) in [6, 6.07) is 0. The zero-order valence-electron chi connectivity index (χ0n) is 15.4. The average molecular weight is 448 g/mol. The Bertz CT molecular complexity index is 546. The monoisotopic (exact) mass is 448 g/mol. The van der Waals surface area contributed by atoms with Crippen molar-refractivity contribution >= 4 is 0 Å². The summed E-state index contributed by atoms with van der Waals surface area (Å²) in [4.78, 5) is 0. The topological polar surface area (TPSA) is 281 Å². The Morgan fingerprint density at radius 2 is 1.03 bits per heavy atom. The zero-order valence-corrected chi connectivity index (χ0v) is 15.4. The first-order chi connectivity index (χ1) is 13.8. The number of aliphatic hydroxyl groups is 13. The summed E-state index contributed by atoms with van der Waals surface area (Å²) in [6.07, 6.45) is -21.0. The molecule has 15 nitrogen and oxygen atoms in total. The second-order valence-corrected chi connectivity index (χ2v) is 7.39. The average Bonchev–Trinajstić information content (AvgIpc) is 2.74. The molecule has 30 heavy (non-hydrogen) atoms. The molecule has 178 valence electrons. The van der Waals surface area contributed by atoms with E-state index in [1.54, 1.807) is 0 Å². The molecule has 2 fully saturated rings. The Labute approximate surface area is 168 Å². The number of rotatable bonds is 6. The molecule has 0 bridgehead atoms. The maximum absolute atomic E-state index is 11.2. The lowest BCUT2D eigenvalue weighted by Gasteiger charge is -2.60. The second kappa shape index (κ2) is 8.74. The summed E-state index contributed by atoms with van der Waals surface area (Å²) in [7, 11) is 0. The molecule has 0 aromatic rings. The third-order valence-corrected chi connectivity index (χ3v) is 5.68. The maximum atomic E-state index is 11.2. The molecular formula is C15H28O15. The van der Waals surface area contributed by atoms with Gasteiger partial charge in [-0.25, -0.2) is 0 Å². The first-order valence-corrected chi connectivity index (χ1v) is 8.90. The molecule has 2 rings (SSSR count). The highest BCUT2D eigenvalue weighted by atomic mass is 16.7. The van der Waals surface area contributed by atoms with Crippen LogP contribution >= 0.6 is 0 Å². The van der Waals surface area contributed by atoms with Crippen LogP contribution in [0.25, 0.3) is 0 Å². The van der Waals surface area contributed by atoms with Crippen LogP contribution in [0, 0.1) is 0 Å². The van der Waals surface area contributed by atoms with Gasteiger partial charge in [0.2, 0.25) is 17.2 Å². The van der Waals surface area contributed by atoms with E-state index in [1.807, 2.05) is 0 Å². The molecule has 0 aromatic carbocycles. The Morgan fingerprint density at radius 1 is 0.700 bits per heavy atom. The Kier molecular flexibility index (Phi) is 7.47. The van der Waals surface area contributed by atoms with E-state index in [1.165, 1.54) is 0 Å². The maximum Gasteiger partial charge on any atom is 0.233 e. The zero-order chi connectivity index (χ0) is 23.2. The first-order valence-electron chi connectivity index (χ1n) is 8.90. The highest BCUT2D eigenvalue weighted by Gasteiger charge is 2.77. The summed E-state index contributed by atoms with van der Waals surface area (Å²) >= 11 is 0. The summed E-state index contributed by atoms with van der Waals surface area (Å²) in [5.74, 6) is -7.56. The van der Waals surface area contributed by atoms with E-state index in [9.17, 15) is 66.4 Å². The van der Waals surface area contributed by atoms with E-state index in [0.29, 0.717) is 0 Å². The SMILES string of the molecule is OCC1OC(O)(C(O)(C(O)CO)C2(O)OC(CO)C(O)C(O)C2O)C(O)C(O)C1O. The highest BCUT2D eigenvalue weighted by Crippen LogP contribution is 2.48. The van der Waals surface area contributed by atoms with Gasteiger partial charge in [-0.05, 0) is 0 Å². The van der Waals surface area contributed by atoms with Crippen molar-refractivity contribution in [3.8, 4) is 0 Å². The van der Waals surface area contributed by atoms with E-state index >= 15 is 0 Å². The second-order valence-electron chi connectivity index (χ2n) is 7.39. The molecule has 2 saturated heterocycles. The van der Waals surface area contributed by atoms with Gasteiger partial charge in [-0.15, -0.1) is 0 Å². The molecule has 0 aromatic heterocycles. The molecule has 2 aliphatic heterocycles. The van der Waals surface area contributed by atoms with E-state index in [0.717, 1.165) is 0 Å². The van der Waals surface area contributed by atoms with Crippen LogP contribution in [0.4, 0.5) is 0 Å². The van der Waals surface area contributed by atoms with Crippen LogP contribution < -0.4 is 0 Å². The minimum absolute atomic E-state index is 1.12. The molecule has 0 aliphatic carbocycles. The van der Waals surface area contributed by atoms with Gasteiger partial charge in [-0.1, -0.05) is 0 Å². The molecule has 0 radical (unpaired) electrons. The fourth-order valence-corrected chi connectivity index (χ4v) is 3.80. The molecule has 2 heterocycles. The summed E-state index contributed by atoms with van der Waals surface area (Å²) in [5.41, 5.74) is -3.93. The smallest absolute Gasteiger partial charge is 0.233 e. The molecule has 11 atom stereocenters. The van der Waals surface area contributed by atoms with Crippen molar-refractivity contribution in [1.29, 1.82) is 0 Å². The number of hydrogen-bond acceptors (Lipinski definition) is 15. The van der Waals surface area contributed by atoms with E-state index in [2.05, 4.69) is 0 Å². The van der Waals surface area contributed by atoms with Crippen LogP contribution in [0.1, 0.15) is 0 Å². The molecule has 15 heteroatoms. The van der Waals surface area contributed by atoms with Gasteiger partial charge in [-0.3, -0.25) is 0 Å². The van der Waals surface area contributed by atoms with Crippen LogP contribution in [0.15, 0.2) is 0 Å². The Morgan fingerprint density at radius 3 is 1.30 bits per heavy atom. The molecule has 0 spiro atoms. The van der Waals surface area contributed by atoms with Crippen molar-refractivity contribution in [2.75, 3.05) is 19.8 Å². The summed E-state index contributed by atoms with van der Waals surface area (Å²) in [5, 5.41) is 132. The normalized spacial score (nSPS) is 50.7. The number of hydrogen-bond donors (Lipinski definition) is 13. The molecule has 2 aliphatic rings. The van der Waals surface area contributed by atoms with Crippen LogP contribution in [-0.4, -0.2) is 158 Å². The van der Waals surface area contributed by atoms with Gasteiger partial charge in [0, 0.05) is 0 Å². The molecule has 13 N–H and O–H groups in total. The fourth-order valence-electron chi connectivity index (χ4n) is 3.80. The van der Waals surface area contributed by atoms with Crippen molar-refractivity contribution in [3.63, 3.8) is 0 Å². The first kappa shape index (κ1) is 25.7. The number of ether oxygens (including phenoxy) is 2. The quantitative estimate of drug-likeness (QED) is 0.179. The predicted octanol–water partition coefficient (Wildman–Crippen LogP) is -8.60. The lowest BCUT2D eigenvalue weighted by molar-refractivity contribution is -0.492. The van der Waals surface area contributed by atoms with Crippen LogP contribution in [-0.2, 0) is 9.47 Å². The third-order valence-electron chi connectivity index (χ3n) is 5.68. The summed E-state index contributed by atoms with van der Waals surface area (Å²) in [6.45, 7) is -3.75. The molecule has 0 amide bonds. The number of aliphatic hydroxyl groups excluding tert-OH is 10. The summed E-state index contributed by atoms with van der Waals surface area (Å²) < 4.78 is 9.74. The standard InChI is InChI=1S/C15H28O15/c16-1-4-7(20)9(22)11(24)14(27,29-4)13(26,6(19)3-18)15(28)12(25)10(23)8(21)5(2-17)30-15/h4-12,16-28H,1-3H2. The molecule has 11 unspecified atom stereocenters. The highest BCUT2D eigenvalue weighted by molar-refractivity contribution is 5.19. The Hall–Kier alpha value is -0.600. The minimum atomic E-state index is -3.93. The fraction of sp³-hybridized carbons (Fsp3) is 1.00. The molecular weight excluding hydrogens is 420 g/mol. The van der Waals surface area contributed by atoms with Crippen molar-refractivity contribution in [3.05, 3.63) is 0 Å². The van der Waals surface area contributed by atoms with Gasteiger partial charge in [-0.2, -0.15) is 0 Å². The van der Waals surface area contributed by atoms with E-state index < -0.39 is 91.9 Å². The van der Waals surface area contributed by atoms with Gasteiger partial charge >= 0.3 is 0 Å². The lowest BCUT2D eigenvalue weighted by Crippen LogP contribution is -2.87. The predicted molar refractivity (Wildman–Crippen MR) is 87.9 cm³/mol. The van der Waals surface area contributed by atoms with Gasteiger partial charge in [0.15, 0.2) is 0 Å². The minimum Gasteiger partial charge on any atom is -0.394 e. The van der Waals surface area contributed by atoms with E-state index in [-0.39, 0.29) is 0 Å². The van der Waals surface area contributed by atoms with E-state index in [4.69, 9.17) is 9.47 Å². The van der Waals surface area contributed by atoms with Gasteiger partial charge < -0.3 is 75.9 Å². The molecule has 0 saturated carbocycles. The largest absolute Gasteiger partial charge is 0.394 e. The van der Waals surface area contributed by atoms with Crippen molar-refractivity contribution in [2.45, 2.75) is 72.1 Å². The van der Waals surface area contributed by atoms with Crippen molar-refractivity contribution in [1.82, 2.24) is 0 Å². The van der Waals surface area contributed by atoms with Gasteiger partial charge in [0.1, 0.15) is 54.9 Å². The lowest BCUT2D eigenvalue weighted by atomic mass is 9.69. The van der Waals surface area contributed by atoms with Crippen LogP contribution in [0.5, 0.6) is 0 Å². The van der Waals surface area contributed by atoms with Gasteiger partial charge in [0.25, 0.3) is 0 Å². The van der Waals surface area contributed by atoms with Crippen LogP contribution in [0.2, 0.25) is 0 Å². The van der Waals surface area contributed by atoms with Crippen LogP contribution in [0.3, 0.4) is 0 Å². The third kappa shape index (κ3) is 3.36. The van der Waals surface area contributed by atoms with Crippen molar-refractivity contribution in [2.24, 2.45) is 0 Å². The van der Waals surface area contributed by atoms with Gasteiger partial charge in [0.05, 0.1) is 19.8 Å². The van der Waals surface area contributed by atoms with Crippen molar-refractivity contribution < 1.29 is 75.9 Å².